The highest BCUT2D eigenvalue weighted by atomic mass is 35.5. The second kappa shape index (κ2) is 6.37. The lowest BCUT2D eigenvalue weighted by atomic mass is 10.1. The summed E-state index contributed by atoms with van der Waals surface area (Å²) in [6.07, 6.45) is 0.650. The standard InChI is InChI=1S/C13H19ClN4O3S/c1-8(2)5-11-15-12(21-17-11)7-22(19,20)6-10-9(3)16-18(4)13(10)14/h8H,5-7H2,1-4H3. The minimum atomic E-state index is -3.47. The van der Waals surface area contributed by atoms with Crippen LogP contribution >= 0.6 is 11.6 Å². The lowest BCUT2D eigenvalue weighted by Crippen LogP contribution is -2.09. The lowest BCUT2D eigenvalue weighted by molar-refractivity contribution is 0.380. The molecule has 2 rings (SSSR count). The maximum Gasteiger partial charge on any atom is 0.241 e. The van der Waals surface area contributed by atoms with E-state index in [2.05, 4.69) is 15.2 Å². The number of aromatic nitrogens is 4. The maximum atomic E-state index is 12.3. The fourth-order valence-corrected chi connectivity index (χ4v) is 3.80. The Kier molecular flexibility index (Phi) is 4.91. The van der Waals surface area contributed by atoms with Crippen molar-refractivity contribution >= 4 is 21.4 Å². The minimum Gasteiger partial charge on any atom is -0.338 e. The Labute approximate surface area is 134 Å². The molecule has 0 amide bonds. The first-order valence-electron chi connectivity index (χ1n) is 6.88. The molecule has 0 N–H and O–H groups in total. The molecule has 0 fully saturated rings. The van der Waals surface area contributed by atoms with Gasteiger partial charge >= 0.3 is 0 Å². The van der Waals surface area contributed by atoms with Gasteiger partial charge in [0.1, 0.15) is 10.9 Å². The van der Waals surface area contributed by atoms with Crippen LogP contribution in [0.3, 0.4) is 0 Å². The van der Waals surface area contributed by atoms with Gasteiger partial charge in [-0.15, -0.1) is 0 Å². The Hall–Kier alpha value is -1.41. The largest absolute Gasteiger partial charge is 0.338 e. The Morgan fingerprint density at radius 1 is 1.32 bits per heavy atom. The molecule has 2 aromatic heterocycles. The van der Waals surface area contributed by atoms with Crippen LogP contribution < -0.4 is 0 Å². The number of sulfone groups is 1. The number of hydrogen-bond acceptors (Lipinski definition) is 6. The van der Waals surface area contributed by atoms with Crippen molar-refractivity contribution in [3.63, 3.8) is 0 Å². The van der Waals surface area contributed by atoms with Crippen LogP contribution in [-0.2, 0) is 34.8 Å². The average Bonchev–Trinajstić information content (AvgIpc) is 2.88. The molecule has 0 aromatic carbocycles. The highest BCUT2D eigenvalue weighted by Crippen LogP contribution is 2.22. The van der Waals surface area contributed by atoms with E-state index in [0.29, 0.717) is 34.6 Å². The molecule has 22 heavy (non-hydrogen) atoms. The van der Waals surface area contributed by atoms with Crippen molar-refractivity contribution in [1.82, 2.24) is 19.9 Å². The molecule has 0 saturated heterocycles. The molecule has 0 radical (unpaired) electrons. The molecular weight excluding hydrogens is 328 g/mol. The van der Waals surface area contributed by atoms with Crippen LogP contribution in [0.4, 0.5) is 0 Å². The Morgan fingerprint density at radius 3 is 2.55 bits per heavy atom. The molecule has 2 heterocycles. The molecule has 0 atom stereocenters. The molecule has 9 heteroatoms. The predicted molar refractivity (Wildman–Crippen MR) is 82.1 cm³/mol. The summed E-state index contributed by atoms with van der Waals surface area (Å²) in [7, 11) is -1.80. The number of hydrogen-bond donors (Lipinski definition) is 0. The van der Waals surface area contributed by atoms with Gasteiger partial charge in [0.15, 0.2) is 15.7 Å². The fraction of sp³-hybridized carbons (Fsp3) is 0.615. The monoisotopic (exact) mass is 346 g/mol. The van der Waals surface area contributed by atoms with Crippen LogP contribution in [0.5, 0.6) is 0 Å². The van der Waals surface area contributed by atoms with Crippen molar-refractivity contribution in [2.75, 3.05) is 0 Å². The van der Waals surface area contributed by atoms with Crippen molar-refractivity contribution in [3.8, 4) is 0 Å². The Morgan fingerprint density at radius 2 is 2.00 bits per heavy atom. The smallest absolute Gasteiger partial charge is 0.241 e. The summed E-state index contributed by atoms with van der Waals surface area (Å²) < 4.78 is 31.0. The van der Waals surface area contributed by atoms with Crippen LogP contribution in [0.15, 0.2) is 4.52 Å². The summed E-state index contributed by atoms with van der Waals surface area (Å²) in [5, 5.41) is 8.23. The first-order valence-corrected chi connectivity index (χ1v) is 9.07. The molecule has 0 aliphatic carbocycles. The SMILES string of the molecule is Cc1nn(C)c(Cl)c1CS(=O)(=O)Cc1nc(CC(C)C)no1. The second-order valence-corrected chi connectivity index (χ2v) is 8.14. The first-order chi connectivity index (χ1) is 10.2. The zero-order chi connectivity index (χ0) is 16.5. The third-order valence-corrected chi connectivity index (χ3v) is 4.97. The van der Waals surface area contributed by atoms with Gasteiger partial charge in [-0.25, -0.2) is 8.42 Å². The Bertz CT molecular complexity index is 764. The van der Waals surface area contributed by atoms with Gasteiger partial charge in [0, 0.05) is 19.0 Å². The Balaban J connectivity index is 2.12. The maximum absolute atomic E-state index is 12.3. The van der Waals surface area contributed by atoms with Crippen LogP contribution in [-0.4, -0.2) is 28.3 Å². The van der Waals surface area contributed by atoms with E-state index in [9.17, 15) is 8.42 Å². The van der Waals surface area contributed by atoms with Crippen molar-refractivity contribution in [2.24, 2.45) is 13.0 Å². The van der Waals surface area contributed by atoms with Gasteiger partial charge in [-0.05, 0) is 12.8 Å². The second-order valence-electron chi connectivity index (χ2n) is 5.71. The molecule has 0 unspecified atom stereocenters. The van der Waals surface area contributed by atoms with E-state index in [4.69, 9.17) is 16.1 Å². The van der Waals surface area contributed by atoms with Gasteiger partial charge in [-0.2, -0.15) is 10.1 Å². The number of rotatable bonds is 6. The van der Waals surface area contributed by atoms with E-state index >= 15 is 0 Å². The summed E-state index contributed by atoms with van der Waals surface area (Å²) in [5.41, 5.74) is 1.10. The highest BCUT2D eigenvalue weighted by molar-refractivity contribution is 7.89. The zero-order valence-corrected chi connectivity index (χ0v) is 14.6. The zero-order valence-electron chi connectivity index (χ0n) is 13.0. The molecule has 0 aliphatic rings. The molecule has 0 aliphatic heterocycles. The summed E-state index contributed by atoms with van der Waals surface area (Å²) in [6.45, 7) is 5.78. The molecule has 0 bridgehead atoms. The van der Waals surface area contributed by atoms with E-state index in [1.54, 1.807) is 14.0 Å². The van der Waals surface area contributed by atoms with Gasteiger partial charge in [-0.1, -0.05) is 30.6 Å². The normalized spacial score (nSPS) is 12.3. The molecule has 122 valence electrons. The van der Waals surface area contributed by atoms with Crippen LogP contribution in [0, 0.1) is 12.8 Å². The van der Waals surface area contributed by atoms with Crippen LogP contribution in [0.25, 0.3) is 0 Å². The molecule has 2 aromatic rings. The average molecular weight is 347 g/mol. The number of halogens is 1. The van der Waals surface area contributed by atoms with Crippen molar-refractivity contribution in [1.29, 1.82) is 0 Å². The van der Waals surface area contributed by atoms with E-state index in [1.807, 2.05) is 13.8 Å². The number of nitrogens with zero attached hydrogens (tertiary/aromatic N) is 4. The molecule has 0 spiro atoms. The quantitative estimate of drug-likeness (QED) is 0.795. The first kappa shape index (κ1) is 17.0. The third-order valence-electron chi connectivity index (χ3n) is 3.08. The van der Waals surface area contributed by atoms with Gasteiger partial charge < -0.3 is 4.52 Å². The van der Waals surface area contributed by atoms with Crippen molar-refractivity contribution in [2.45, 2.75) is 38.7 Å². The summed E-state index contributed by atoms with van der Waals surface area (Å²) in [4.78, 5) is 4.12. The van der Waals surface area contributed by atoms with E-state index < -0.39 is 9.84 Å². The topological polar surface area (TPSA) is 90.9 Å². The van der Waals surface area contributed by atoms with Gasteiger partial charge in [0.25, 0.3) is 0 Å². The summed E-state index contributed by atoms with van der Waals surface area (Å²) in [6, 6.07) is 0. The van der Waals surface area contributed by atoms with Crippen molar-refractivity contribution < 1.29 is 12.9 Å². The molecule has 0 saturated carbocycles. The minimum absolute atomic E-state index is 0.105. The highest BCUT2D eigenvalue weighted by Gasteiger charge is 2.23. The van der Waals surface area contributed by atoms with E-state index in [1.165, 1.54) is 4.68 Å². The number of aryl methyl sites for hydroxylation is 2. The van der Waals surface area contributed by atoms with Crippen molar-refractivity contribution in [3.05, 3.63) is 28.1 Å². The van der Waals surface area contributed by atoms with Gasteiger partial charge in [0.05, 0.1) is 11.4 Å². The van der Waals surface area contributed by atoms with Crippen LogP contribution in [0.2, 0.25) is 5.15 Å². The van der Waals surface area contributed by atoms with E-state index in [-0.39, 0.29) is 17.4 Å². The summed E-state index contributed by atoms with van der Waals surface area (Å²) in [5.74, 6) is 0.499. The fourth-order valence-electron chi connectivity index (χ4n) is 2.09. The van der Waals surface area contributed by atoms with Crippen LogP contribution in [0.1, 0.15) is 36.8 Å². The predicted octanol–water partition coefficient (Wildman–Crippen LogP) is 2.08. The van der Waals surface area contributed by atoms with E-state index in [0.717, 1.165) is 0 Å². The van der Waals surface area contributed by atoms with Gasteiger partial charge in [-0.3, -0.25) is 4.68 Å². The molecule has 7 nitrogen and oxygen atoms in total. The summed E-state index contributed by atoms with van der Waals surface area (Å²) >= 11 is 6.07. The molecular formula is C13H19ClN4O3S. The van der Waals surface area contributed by atoms with Gasteiger partial charge in [0.2, 0.25) is 5.89 Å². The third kappa shape index (κ3) is 4.07. The lowest BCUT2D eigenvalue weighted by Gasteiger charge is -2.01.